The van der Waals surface area contributed by atoms with Crippen LogP contribution in [0, 0.1) is 25.5 Å². The molecule has 2 amide bonds. The van der Waals surface area contributed by atoms with Gasteiger partial charge in [-0.2, -0.15) is 0 Å². The molecule has 0 atom stereocenters. The maximum atomic E-state index is 16.6. The number of rotatable bonds is 7. The highest BCUT2D eigenvalue weighted by atomic mass is 19.1. The fraction of sp³-hybridized carbons (Fsp3) is 0.257. The summed E-state index contributed by atoms with van der Waals surface area (Å²) in [5.41, 5.74) is 1.80. The summed E-state index contributed by atoms with van der Waals surface area (Å²) in [5.74, 6) is -1.42. The number of aromatic nitrogens is 2. The van der Waals surface area contributed by atoms with Gasteiger partial charge in [-0.3, -0.25) is 9.59 Å². The highest BCUT2D eigenvalue weighted by Gasteiger charge is 2.56. The number of nitrogens with one attached hydrogen (secondary N) is 2. The first-order valence-corrected chi connectivity index (χ1v) is 14.5. The lowest BCUT2D eigenvalue weighted by molar-refractivity contribution is -0.116. The Balaban J connectivity index is 1.44. The molecule has 0 aliphatic heterocycles. The average molecular weight is 611 g/mol. The zero-order valence-corrected chi connectivity index (χ0v) is 25.5. The van der Waals surface area contributed by atoms with E-state index in [1.807, 2.05) is 26.8 Å². The van der Waals surface area contributed by atoms with E-state index in [2.05, 4.69) is 20.6 Å². The number of carbonyl (C=O) groups is 2. The molecule has 0 spiro atoms. The first kappa shape index (κ1) is 30.1. The van der Waals surface area contributed by atoms with E-state index in [0.29, 0.717) is 40.9 Å². The fourth-order valence-corrected chi connectivity index (χ4v) is 6.39. The summed E-state index contributed by atoms with van der Waals surface area (Å²) < 4.78 is 41.8. The van der Waals surface area contributed by atoms with Crippen molar-refractivity contribution < 1.29 is 27.5 Å². The van der Waals surface area contributed by atoms with Crippen LogP contribution in [0.5, 0.6) is 0 Å². The van der Waals surface area contributed by atoms with Crippen LogP contribution >= 0.6 is 0 Å². The van der Waals surface area contributed by atoms with Gasteiger partial charge in [0.05, 0.1) is 16.6 Å². The third kappa shape index (κ3) is 5.14. The second kappa shape index (κ2) is 11.2. The molecule has 10 heteroatoms. The average Bonchev–Trinajstić information content (AvgIpc) is 3.41. The number of fused-ring (bicyclic) bond motifs is 1. The quantitative estimate of drug-likeness (QED) is 0.214. The molecule has 2 heterocycles. The van der Waals surface area contributed by atoms with Crippen molar-refractivity contribution in [1.82, 2.24) is 20.6 Å². The van der Waals surface area contributed by atoms with Crippen molar-refractivity contribution in [3.63, 3.8) is 0 Å². The second-order valence-corrected chi connectivity index (χ2v) is 11.8. The van der Waals surface area contributed by atoms with Gasteiger partial charge in [-0.1, -0.05) is 6.07 Å². The van der Waals surface area contributed by atoms with Crippen LogP contribution in [0.3, 0.4) is 0 Å². The molecule has 0 unspecified atom stereocenters. The van der Waals surface area contributed by atoms with Crippen LogP contribution in [0.4, 0.5) is 8.78 Å². The first-order valence-electron chi connectivity index (χ1n) is 14.5. The van der Waals surface area contributed by atoms with Crippen LogP contribution in [0.1, 0.15) is 57.4 Å². The number of hydrogen-bond acceptors (Lipinski definition) is 6. The standard InChI is InChI=1S/C35H32F2N4O4/c1-19-15-20(2)25(31(42)41-35(17-34(3,18-35)44-5)33-39-13-6-14-40-33)16-24(19)23-11-12-26-27(29(23)37)28(32(43)38-4)30(45-26)21-7-9-22(36)10-8-21/h6-16H,17-18H2,1-5H3,(H,38,43)(H,41,42). The van der Waals surface area contributed by atoms with Crippen molar-refractivity contribution in [2.24, 2.45) is 0 Å². The molecule has 1 aliphatic carbocycles. The molecule has 3 aromatic carbocycles. The molecule has 45 heavy (non-hydrogen) atoms. The zero-order valence-electron chi connectivity index (χ0n) is 25.5. The van der Waals surface area contributed by atoms with E-state index in [9.17, 15) is 14.0 Å². The van der Waals surface area contributed by atoms with Gasteiger partial charge in [0.1, 0.15) is 28.5 Å². The van der Waals surface area contributed by atoms with Crippen LogP contribution in [0.25, 0.3) is 33.4 Å². The number of furan rings is 1. The summed E-state index contributed by atoms with van der Waals surface area (Å²) in [7, 11) is 3.08. The maximum Gasteiger partial charge on any atom is 0.255 e. The number of aryl methyl sites for hydroxylation is 2. The molecule has 5 aromatic rings. The van der Waals surface area contributed by atoms with E-state index in [0.717, 1.165) is 5.56 Å². The summed E-state index contributed by atoms with van der Waals surface area (Å²) in [6.45, 7) is 5.63. The zero-order chi connectivity index (χ0) is 32.1. The number of carbonyl (C=O) groups excluding carboxylic acids is 2. The van der Waals surface area contributed by atoms with Crippen LogP contribution < -0.4 is 10.6 Å². The highest BCUT2D eigenvalue weighted by Crippen LogP contribution is 2.49. The normalized spacial score (nSPS) is 19.3. The van der Waals surface area contributed by atoms with Crippen molar-refractivity contribution in [3.8, 4) is 22.5 Å². The second-order valence-electron chi connectivity index (χ2n) is 11.8. The third-order valence-electron chi connectivity index (χ3n) is 8.65. The minimum Gasteiger partial charge on any atom is -0.455 e. The van der Waals surface area contributed by atoms with Gasteiger partial charge >= 0.3 is 0 Å². The van der Waals surface area contributed by atoms with E-state index in [1.165, 1.54) is 31.3 Å². The molecular formula is C35H32F2N4O4. The van der Waals surface area contributed by atoms with Gasteiger partial charge in [0, 0.05) is 56.1 Å². The number of benzene rings is 3. The molecule has 0 bridgehead atoms. The van der Waals surface area contributed by atoms with Crippen molar-refractivity contribution in [2.45, 2.75) is 44.8 Å². The topological polar surface area (TPSA) is 106 Å². The summed E-state index contributed by atoms with van der Waals surface area (Å²) in [6.07, 6.45) is 4.23. The van der Waals surface area contributed by atoms with E-state index < -0.39 is 28.7 Å². The van der Waals surface area contributed by atoms with Crippen LogP contribution in [0.2, 0.25) is 0 Å². The van der Waals surface area contributed by atoms with Crippen molar-refractivity contribution >= 4 is 22.8 Å². The fourth-order valence-electron chi connectivity index (χ4n) is 6.39. The van der Waals surface area contributed by atoms with Crippen LogP contribution in [-0.4, -0.2) is 41.5 Å². The lowest BCUT2D eigenvalue weighted by atomic mass is 9.64. The molecule has 0 saturated heterocycles. The third-order valence-corrected chi connectivity index (χ3v) is 8.65. The largest absolute Gasteiger partial charge is 0.455 e. The number of amides is 2. The minimum absolute atomic E-state index is 0.00262. The van der Waals surface area contributed by atoms with Gasteiger partial charge in [0.2, 0.25) is 0 Å². The Kier molecular flexibility index (Phi) is 7.48. The first-order chi connectivity index (χ1) is 21.5. The van der Waals surface area contributed by atoms with E-state index >= 15 is 4.39 Å². The Hall–Kier alpha value is -4.96. The Bertz CT molecular complexity index is 1950. The Morgan fingerprint density at radius 2 is 1.62 bits per heavy atom. The molecule has 6 rings (SSSR count). The number of hydrogen-bond donors (Lipinski definition) is 2. The number of ether oxygens (including phenoxy) is 1. The molecule has 1 fully saturated rings. The Morgan fingerprint density at radius 1 is 0.933 bits per heavy atom. The predicted molar refractivity (Wildman–Crippen MR) is 166 cm³/mol. The SMILES string of the molecule is CNC(=O)c1c(-c2ccc(F)cc2)oc2ccc(-c3cc(C(=O)NC4(c5ncccn5)CC(C)(OC)C4)c(C)cc3C)c(F)c12. The monoisotopic (exact) mass is 610 g/mol. The van der Waals surface area contributed by atoms with Gasteiger partial charge in [0.15, 0.2) is 5.82 Å². The Labute approximate surface area is 258 Å². The molecule has 8 nitrogen and oxygen atoms in total. The molecule has 1 saturated carbocycles. The van der Waals surface area contributed by atoms with Crippen molar-refractivity contribution in [1.29, 1.82) is 0 Å². The lowest BCUT2D eigenvalue weighted by Gasteiger charge is -2.52. The Morgan fingerprint density at radius 3 is 2.27 bits per heavy atom. The van der Waals surface area contributed by atoms with Gasteiger partial charge in [-0.25, -0.2) is 18.7 Å². The maximum absolute atomic E-state index is 16.6. The lowest BCUT2D eigenvalue weighted by Crippen LogP contribution is -2.63. The number of nitrogens with zero attached hydrogens (tertiary/aromatic N) is 2. The molecular weight excluding hydrogens is 578 g/mol. The highest BCUT2D eigenvalue weighted by molar-refractivity contribution is 6.12. The molecule has 2 aromatic heterocycles. The van der Waals surface area contributed by atoms with Crippen LogP contribution in [0.15, 0.2) is 71.4 Å². The summed E-state index contributed by atoms with van der Waals surface area (Å²) in [5, 5.41) is 5.71. The number of halogens is 2. The van der Waals surface area contributed by atoms with Crippen molar-refractivity contribution in [2.75, 3.05) is 14.2 Å². The van der Waals surface area contributed by atoms with Crippen molar-refractivity contribution in [3.05, 3.63) is 107 Å². The summed E-state index contributed by atoms with van der Waals surface area (Å²) >= 11 is 0. The van der Waals surface area contributed by atoms with E-state index in [-0.39, 0.29) is 33.8 Å². The van der Waals surface area contributed by atoms with E-state index in [4.69, 9.17) is 9.15 Å². The summed E-state index contributed by atoms with van der Waals surface area (Å²) in [4.78, 5) is 35.8. The van der Waals surface area contributed by atoms with Gasteiger partial charge in [-0.05, 0) is 86.0 Å². The summed E-state index contributed by atoms with van der Waals surface area (Å²) in [6, 6.07) is 13.8. The van der Waals surface area contributed by atoms with Crippen LogP contribution in [-0.2, 0) is 10.3 Å². The molecule has 230 valence electrons. The van der Waals surface area contributed by atoms with Gasteiger partial charge in [-0.15, -0.1) is 0 Å². The molecule has 2 N–H and O–H groups in total. The van der Waals surface area contributed by atoms with Gasteiger partial charge < -0.3 is 19.8 Å². The smallest absolute Gasteiger partial charge is 0.255 e. The van der Waals surface area contributed by atoms with Gasteiger partial charge in [0.25, 0.3) is 11.8 Å². The number of methoxy groups -OCH3 is 1. The molecule has 1 aliphatic rings. The predicted octanol–water partition coefficient (Wildman–Crippen LogP) is 6.64. The molecule has 0 radical (unpaired) electrons. The minimum atomic E-state index is -0.833. The van der Waals surface area contributed by atoms with E-state index in [1.54, 1.807) is 43.8 Å².